The van der Waals surface area contributed by atoms with Crippen molar-refractivity contribution in [3.05, 3.63) is 59.8 Å². The molecule has 0 aliphatic rings. The summed E-state index contributed by atoms with van der Waals surface area (Å²) in [5.41, 5.74) is 4.72. The average Bonchev–Trinajstić information content (AvgIpc) is 3.05. The minimum atomic E-state index is -3.37. The number of primary amides is 1. The summed E-state index contributed by atoms with van der Waals surface area (Å²) in [6.07, 6.45) is 0. The molecule has 1 heterocycles. The van der Waals surface area contributed by atoms with E-state index in [4.69, 9.17) is 10.2 Å². The van der Waals surface area contributed by atoms with Crippen LogP contribution in [0.1, 0.15) is 17.4 Å². The first-order valence-corrected chi connectivity index (χ1v) is 9.73. The van der Waals surface area contributed by atoms with Crippen molar-refractivity contribution in [1.29, 1.82) is 0 Å². The molecule has 0 aliphatic carbocycles. The Balaban J connectivity index is 1.99. The number of hydrogen-bond donors (Lipinski definition) is 2. The van der Waals surface area contributed by atoms with Gasteiger partial charge in [0.2, 0.25) is 11.8 Å². The molecule has 0 saturated heterocycles. The fraction of sp³-hybridized carbons (Fsp3) is 0.111. The zero-order chi connectivity index (χ0) is 20.5. The molecular formula is C18H15F2N3O4S. The first kappa shape index (κ1) is 19.5. The highest BCUT2D eigenvalue weighted by Crippen LogP contribution is 2.31. The zero-order valence-corrected chi connectivity index (χ0v) is 15.4. The number of nitrogens with two attached hydrogens (primary N) is 1. The fourth-order valence-corrected chi connectivity index (χ4v) is 3.31. The minimum absolute atomic E-state index is 0.0503. The molecule has 3 N–H and O–H groups in total. The lowest BCUT2D eigenvalue weighted by molar-refractivity contribution is 0.0996. The van der Waals surface area contributed by atoms with E-state index in [1.54, 1.807) is 0 Å². The topological polar surface area (TPSA) is 115 Å². The molecule has 0 saturated carbocycles. The SMILES string of the molecule is CCS(=O)(=O)c1ccc(Nc2oc(-c3c(F)cccc3F)nc2C(N)=O)cc1. The van der Waals surface area contributed by atoms with Crippen molar-refractivity contribution in [1.82, 2.24) is 4.98 Å². The standard InChI is InChI=1S/C18H15F2N3O4S/c1-2-28(25,26)11-8-6-10(7-9-11)22-18-15(16(21)24)23-17(27-18)14-12(19)4-3-5-13(14)20/h3-9,22H,2H2,1H3,(H2,21,24). The highest BCUT2D eigenvalue weighted by Gasteiger charge is 2.23. The monoisotopic (exact) mass is 407 g/mol. The van der Waals surface area contributed by atoms with Crippen molar-refractivity contribution in [2.75, 3.05) is 11.1 Å². The van der Waals surface area contributed by atoms with Crippen LogP contribution in [-0.2, 0) is 9.84 Å². The molecule has 0 fully saturated rings. The van der Waals surface area contributed by atoms with Gasteiger partial charge in [0.05, 0.1) is 10.6 Å². The van der Waals surface area contributed by atoms with Crippen molar-refractivity contribution in [3.63, 3.8) is 0 Å². The summed E-state index contributed by atoms with van der Waals surface area (Å²) in [7, 11) is -3.37. The molecule has 1 aromatic heterocycles. The number of hydrogen-bond acceptors (Lipinski definition) is 6. The summed E-state index contributed by atoms with van der Waals surface area (Å²) in [5.74, 6) is -3.55. The number of nitrogens with zero attached hydrogens (tertiary/aromatic N) is 1. The number of benzene rings is 2. The Morgan fingerprint density at radius 1 is 1.14 bits per heavy atom. The Morgan fingerprint density at radius 2 is 1.75 bits per heavy atom. The predicted molar refractivity (Wildman–Crippen MR) is 97.8 cm³/mol. The van der Waals surface area contributed by atoms with Crippen molar-refractivity contribution >= 4 is 27.3 Å². The maximum absolute atomic E-state index is 14.0. The highest BCUT2D eigenvalue weighted by atomic mass is 32.2. The fourth-order valence-electron chi connectivity index (χ4n) is 2.42. The summed E-state index contributed by atoms with van der Waals surface area (Å²) >= 11 is 0. The first-order chi connectivity index (χ1) is 13.2. The van der Waals surface area contributed by atoms with Crippen LogP contribution in [0.4, 0.5) is 20.4 Å². The van der Waals surface area contributed by atoms with Gasteiger partial charge in [-0.1, -0.05) is 13.0 Å². The molecule has 0 unspecified atom stereocenters. The van der Waals surface area contributed by atoms with Gasteiger partial charge in [-0.2, -0.15) is 0 Å². The quantitative estimate of drug-likeness (QED) is 0.648. The van der Waals surface area contributed by atoms with Crippen LogP contribution in [-0.4, -0.2) is 25.1 Å². The predicted octanol–water partition coefficient (Wildman–Crippen LogP) is 3.26. The molecule has 10 heteroatoms. The number of aromatic nitrogens is 1. The summed E-state index contributed by atoms with van der Waals surface area (Å²) < 4.78 is 57.0. The van der Waals surface area contributed by atoms with E-state index in [2.05, 4.69) is 10.3 Å². The van der Waals surface area contributed by atoms with Gasteiger partial charge < -0.3 is 15.5 Å². The number of oxazole rings is 1. The van der Waals surface area contributed by atoms with E-state index in [1.165, 1.54) is 37.3 Å². The second kappa shape index (κ2) is 7.39. The van der Waals surface area contributed by atoms with E-state index in [0.29, 0.717) is 5.69 Å². The summed E-state index contributed by atoms with van der Waals surface area (Å²) in [6.45, 7) is 1.53. The second-order valence-corrected chi connectivity index (χ2v) is 7.99. The van der Waals surface area contributed by atoms with Gasteiger partial charge in [0.1, 0.15) is 17.2 Å². The maximum Gasteiger partial charge on any atom is 0.273 e. The lowest BCUT2D eigenvalue weighted by Gasteiger charge is -2.06. The Hall–Kier alpha value is -3.27. The number of sulfone groups is 1. The molecule has 2 aromatic carbocycles. The third kappa shape index (κ3) is 3.72. The van der Waals surface area contributed by atoms with Gasteiger partial charge >= 0.3 is 0 Å². The van der Waals surface area contributed by atoms with E-state index in [0.717, 1.165) is 12.1 Å². The van der Waals surface area contributed by atoms with Gasteiger partial charge in [-0.25, -0.2) is 22.2 Å². The number of nitrogens with one attached hydrogen (secondary N) is 1. The van der Waals surface area contributed by atoms with E-state index in [9.17, 15) is 22.0 Å². The molecule has 0 aliphatic heterocycles. The average molecular weight is 407 g/mol. The van der Waals surface area contributed by atoms with Crippen LogP contribution >= 0.6 is 0 Å². The molecule has 146 valence electrons. The number of halogens is 2. The van der Waals surface area contributed by atoms with E-state index < -0.39 is 38.8 Å². The molecule has 0 radical (unpaired) electrons. The number of anilines is 2. The molecule has 7 nitrogen and oxygen atoms in total. The van der Waals surface area contributed by atoms with Crippen molar-refractivity contribution in [2.24, 2.45) is 5.73 Å². The minimum Gasteiger partial charge on any atom is -0.419 e. The lowest BCUT2D eigenvalue weighted by atomic mass is 10.2. The van der Waals surface area contributed by atoms with Crippen LogP contribution in [0.3, 0.4) is 0 Å². The van der Waals surface area contributed by atoms with Gasteiger partial charge in [-0.3, -0.25) is 4.79 Å². The van der Waals surface area contributed by atoms with Crippen molar-refractivity contribution in [3.8, 4) is 11.5 Å². The van der Waals surface area contributed by atoms with Crippen molar-refractivity contribution < 1.29 is 26.4 Å². The van der Waals surface area contributed by atoms with Crippen molar-refractivity contribution in [2.45, 2.75) is 11.8 Å². The Morgan fingerprint density at radius 3 is 2.29 bits per heavy atom. The second-order valence-electron chi connectivity index (χ2n) is 5.71. The van der Waals surface area contributed by atoms with Gasteiger partial charge in [0, 0.05) is 5.69 Å². The van der Waals surface area contributed by atoms with Gasteiger partial charge in [0.15, 0.2) is 15.5 Å². The smallest absolute Gasteiger partial charge is 0.273 e. The summed E-state index contributed by atoms with van der Waals surface area (Å²) in [6, 6.07) is 8.85. The molecule has 1 amide bonds. The van der Waals surface area contributed by atoms with Crippen LogP contribution in [0.2, 0.25) is 0 Å². The van der Waals surface area contributed by atoms with E-state index >= 15 is 0 Å². The molecule has 0 atom stereocenters. The Kier molecular flexibility index (Phi) is 5.14. The zero-order valence-electron chi connectivity index (χ0n) is 14.6. The van der Waals surface area contributed by atoms with Crippen LogP contribution in [0.5, 0.6) is 0 Å². The normalized spacial score (nSPS) is 11.4. The molecular weight excluding hydrogens is 392 g/mol. The number of rotatable bonds is 6. The number of amides is 1. The molecule has 28 heavy (non-hydrogen) atoms. The van der Waals surface area contributed by atoms with Gasteiger partial charge in [-0.05, 0) is 36.4 Å². The highest BCUT2D eigenvalue weighted by molar-refractivity contribution is 7.91. The van der Waals surface area contributed by atoms with Gasteiger partial charge in [0.25, 0.3) is 5.91 Å². The Labute approximate surface area is 159 Å². The largest absolute Gasteiger partial charge is 0.419 e. The first-order valence-electron chi connectivity index (χ1n) is 8.07. The van der Waals surface area contributed by atoms with Crippen LogP contribution in [0.15, 0.2) is 51.8 Å². The van der Waals surface area contributed by atoms with E-state index in [1.807, 2.05) is 0 Å². The number of carbonyl (C=O) groups is 1. The molecule has 3 aromatic rings. The summed E-state index contributed by atoms with van der Waals surface area (Å²) in [4.78, 5) is 15.6. The molecule has 3 rings (SSSR count). The summed E-state index contributed by atoms with van der Waals surface area (Å²) in [5, 5.41) is 2.71. The van der Waals surface area contributed by atoms with Crippen LogP contribution in [0, 0.1) is 11.6 Å². The third-order valence-corrected chi connectivity index (χ3v) is 5.64. The van der Waals surface area contributed by atoms with Crippen LogP contribution in [0.25, 0.3) is 11.5 Å². The Bertz CT molecular complexity index is 1120. The number of carbonyl (C=O) groups excluding carboxylic acids is 1. The van der Waals surface area contributed by atoms with Gasteiger partial charge in [-0.15, -0.1) is 0 Å². The maximum atomic E-state index is 14.0. The van der Waals surface area contributed by atoms with E-state index in [-0.39, 0.29) is 22.2 Å². The van der Waals surface area contributed by atoms with Crippen LogP contribution < -0.4 is 11.1 Å². The molecule has 0 bridgehead atoms. The third-order valence-electron chi connectivity index (χ3n) is 3.89. The molecule has 0 spiro atoms. The lowest BCUT2D eigenvalue weighted by Crippen LogP contribution is -2.13.